The van der Waals surface area contributed by atoms with Gasteiger partial charge in [0.05, 0.1) is 6.04 Å². The van der Waals surface area contributed by atoms with E-state index < -0.39 is 0 Å². The van der Waals surface area contributed by atoms with Gasteiger partial charge in [0.2, 0.25) is 5.91 Å². The number of nitrogens with two attached hydrogens (primary N) is 1. The van der Waals surface area contributed by atoms with E-state index in [2.05, 4.69) is 18.7 Å². The third kappa shape index (κ3) is 2.45. The van der Waals surface area contributed by atoms with Crippen LogP contribution in [0.2, 0.25) is 0 Å². The lowest BCUT2D eigenvalue weighted by molar-refractivity contribution is -0.135. The van der Waals surface area contributed by atoms with E-state index in [4.69, 9.17) is 5.73 Å². The molecule has 4 heteroatoms. The van der Waals surface area contributed by atoms with Crippen LogP contribution in [0.5, 0.6) is 0 Å². The number of hydrogen-bond donors (Lipinski definition) is 1. The topological polar surface area (TPSA) is 49.6 Å². The van der Waals surface area contributed by atoms with Crippen molar-refractivity contribution in [2.75, 3.05) is 26.2 Å². The number of rotatable bonds is 2. The van der Waals surface area contributed by atoms with Crippen LogP contribution in [0.3, 0.4) is 0 Å². The van der Waals surface area contributed by atoms with Gasteiger partial charge in [0.15, 0.2) is 0 Å². The van der Waals surface area contributed by atoms with Crippen LogP contribution >= 0.6 is 0 Å². The summed E-state index contributed by atoms with van der Waals surface area (Å²) < 4.78 is 0. The Bertz CT molecular complexity index is 206. The largest absolute Gasteiger partial charge is 0.339 e. The number of hydrogen-bond acceptors (Lipinski definition) is 3. The Morgan fingerprint density at radius 3 is 2.64 bits per heavy atom. The molecule has 0 saturated carbocycles. The maximum Gasteiger partial charge on any atom is 0.239 e. The normalized spacial score (nSPS) is 26.3. The Morgan fingerprint density at radius 2 is 2.21 bits per heavy atom. The highest BCUT2D eigenvalue weighted by Crippen LogP contribution is 2.09. The lowest BCUT2D eigenvalue weighted by atomic mass is 10.1. The van der Waals surface area contributed by atoms with Crippen molar-refractivity contribution in [1.29, 1.82) is 0 Å². The molecule has 82 valence electrons. The van der Waals surface area contributed by atoms with Gasteiger partial charge in [0.25, 0.3) is 0 Å². The molecule has 1 aliphatic heterocycles. The van der Waals surface area contributed by atoms with E-state index in [1.54, 1.807) is 6.92 Å². The Morgan fingerprint density at radius 1 is 1.57 bits per heavy atom. The average Bonchev–Trinajstić information content (AvgIpc) is 2.16. The molecule has 0 bridgehead atoms. The van der Waals surface area contributed by atoms with Crippen molar-refractivity contribution in [3.8, 4) is 0 Å². The maximum atomic E-state index is 11.6. The average molecular weight is 199 g/mol. The molecule has 1 fully saturated rings. The smallest absolute Gasteiger partial charge is 0.239 e. The molecule has 1 amide bonds. The van der Waals surface area contributed by atoms with E-state index in [1.807, 2.05) is 4.90 Å². The van der Waals surface area contributed by atoms with Crippen molar-refractivity contribution in [2.24, 2.45) is 5.73 Å². The van der Waals surface area contributed by atoms with E-state index in [9.17, 15) is 4.79 Å². The summed E-state index contributed by atoms with van der Waals surface area (Å²) in [5, 5.41) is 0. The van der Waals surface area contributed by atoms with Crippen LogP contribution in [0.4, 0.5) is 0 Å². The molecule has 1 aliphatic rings. The van der Waals surface area contributed by atoms with Crippen LogP contribution in [0.25, 0.3) is 0 Å². The number of piperazine rings is 1. The molecule has 0 radical (unpaired) electrons. The van der Waals surface area contributed by atoms with Crippen molar-refractivity contribution >= 4 is 5.91 Å². The van der Waals surface area contributed by atoms with Crippen LogP contribution in [-0.4, -0.2) is 54.0 Å². The number of amides is 1. The lowest BCUT2D eigenvalue weighted by Gasteiger charge is -2.39. The van der Waals surface area contributed by atoms with Crippen molar-refractivity contribution in [2.45, 2.75) is 32.9 Å². The monoisotopic (exact) mass is 199 g/mol. The van der Waals surface area contributed by atoms with Crippen LogP contribution < -0.4 is 5.73 Å². The summed E-state index contributed by atoms with van der Waals surface area (Å²) in [4.78, 5) is 15.9. The summed E-state index contributed by atoms with van der Waals surface area (Å²) >= 11 is 0. The van der Waals surface area contributed by atoms with Gasteiger partial charge in [-0.3, -0.25) is 9.69 Å². The van der Waals surface area contributed by atoms with Gasteiger partial charge < -0.3 is 10.6 Å². The second kappa shape index (κ2) is 4.75. The van der Waals surface area contributed by atoms with Crippen LogP contribution in [0.15, 0.2) is 0 Å². The predicted molar refractivity (Wildman–Crippen MR) is 56.9 cm³/mol. The highest BCUT2D eigenvalue weighted by atomic mass is 16.2. The van der Waals surface area contributed by atoms with Gasteiger partial charge in [-0.05, 0) is 20.4 Å². The zero-order chi connectivity index (χ0) is 10.7. The van der Waals surface area contributed by atoms with Gasteiger partial charge >= 0.3 is 0 Å². The fourth-order valence-electron chi connectivity index (χ4n) is 1.95. The molecule has 4 nitrogen and oxygen atoms in total. The van der Waals surface area contributed by atoms with Gasteiger partial charge in [0.1, 0.15) is 0 Å². The zero-order valence-corrected chi connectivity index (χ0v) is 9.36. The molecule has 0 aromatic rings. The van der Waals surface area contributed by atoms with Crippen LogP contribution in [0.1, 0.15) is 20.8 Å². The van der Waals surface area contributed by atoms with Crippen LogP contribution in [-0.2, 0) is 4.79 Å². The first-order valence-electron chi connectivity index (χ1n) is 5.34. The second-order valence-corrected chi connectivity index (χ2v) is 4.05. The first kappa shape index (κ1) is 11.5. The summed E-state index contributed by atoms with van der Waals surface area (Å²) in [6.45, 7) is 9.72. The van der Waals surface area contributed by atoms with Gasteiger partial charge in [0, 0.05) is 25.7 Å². The van der Waals surface area contributed by atoms with Crippen molar-refractivity contribution < 1.29 is 4.79 Å². The molecular formula is C10H21N3O. The lowest BCUT2D eigenvalue weighted by Crippen LogP contribution is -2.56. The molecule has 2 unspecified atom stereocenters. The standard InChI is InChI=1S/C10H21N3O/c1-4-12-5-6-13(7-8(12)2)10(14)9(3)11/h8-9H,4-7,11H2,1-3H3. The fraction of sp³-hybridized carbons (Fsp3) is 0.900. The number of likely N-dealkylation sites (N-methyl/N-ethyl adjacent to an activating group) is 1. The van der Waals surface area contributed by atoms with Gasteiger partial charge in [-0.1, -0.05) is 6.92 Å². The Hall–Kier alpha value is -0.610. The van der Waals surface area contributed by atoms with Gasteiger partial charge in [-0.25, -0.2) is 0 Å². The summed E-state index contributed by atoms with van der Waals surface area (Å²) in [5.41, 5.74) is 5.57. The number of nitrogens with zero attached hydrogens (tertiary/aromatic N) is 2. The van der Waals surface area contributed by atoms with Crippen molar-refractivity contribution in [1.82, 2.24) is 9.80 Å². The molecule has 0 spiro atoms. The minimum absolute atomic E-state index is 0.0765. The third-order valence-corrected chi connectivity index (χ3v) is 2.87. The second-order valence-electron chi connectivity index (χ2n) is 4.05. The molecule has 14 heavy (non-hydrogen) atoms. The Kier molecular flexibility index (Phi) is 3.89. The molecule has 1 heterocycles. The van der Waals surface area contributed by atoms with Crippen molar-refractivity contribution in [3.63, 3.8) is 0 Å². The summed E-state index contributed by atoms with van der Waals surface area (Å²) in [7, 11) is 0. The maximum absolute atomic E-state index is 11.6. The van der Waals surface area contributed by atoms with Crippen molar-refractivity contribution in [3.05, 3.63) is 0 Å². The fourth-order valence-corrected chi connectivity index (χ4v) is 1.95. The first-order valence-corrected chi connectivity index (χ1v) is 5.34. The van der Waals surface area contributed by atoms with Gasteiger partial charge in [-0.15, -0.1) is 0 Å². The summed E-state index contributed by atoms with van der Waals surface area (Å²) in [6.07, 6.45) is 0. The Balaban J connectivity index is 2.50. The summed E-state index contributed by atoms with van der Waals surface area (Å²) in [6, 6.07) is 0.0897. The number of carbonyl (C=O) groups is 1. The molecule has 0 aromatic carbocycles. The molecule has 0 aromatic heterocycles. The highest BCUT2D eigenvalue weighted by Gasteiger charge is 2.26. The molecule has 2 N–H and O–H groups in total. The van der Waals surface area contributed by atoms with E-state index in [0.717, 1.165) is 26.2 Å². The predicted octanol–water partition coefficient (Wildman–Crippen LogP) is -0.114. The number of carbonyl (C=O) groups excluding carboxylic acids is 1. The molecule has 0 aliphatic carbocycles. The van der Waals surface area contributed by atoms with Gasteiger partial charge in [-0.2, -0.15) is 0 Å². The molecule has 1 saturated heterocycles. The highest BCUT2D eigenvalue weighted by molar-refractivity contribution is 5.81. The molecule has 2 atom stereocenters. The quantitative estimate of drug-likeness (QED) is 0.675. The summed E-state index contributed by atoms with van der Waals surface area (Å²) in [5.74, 6) is 0.0765. The van der Waals surface area contributed by atoms with E-state index in [0.29, 0.717) is 6.04 Å². The van der Waals surface area contributed by atoms with E-state index >= 15 is 0 Å². The van der Waals surface area contributed by atoms with E-state index in [1.165, 1.54) is 0 Å². The molecule has 1 rings (SSSR count). The Labute approximate surface area is 86.0 Å². The molecular weight excluding hydrogens is 178 g/mol. The minimum atomic E-state index is -0.365. The minimum Gasteiger partial charge on any atom is -0.339 e. The third-order valence-electron chi connectivity index (χ3n) is 2.87. The first-order chi connectivity index (χ1) is 6.56. The van der Waals surface area contributed by atoms with E-state index in [-0.39, 0.29) is 11.9 Å². The SMILES string of the molecule is CCN1CCN(C(=O)C(C)N)CC1C. The zero-order valence-electron chi connectivity index (χ0n) is 9.36. The van der Waals surface area contributed by atoms with Crippen LogP contribution in [0, 0.1) is 0 Å².